The van der Waals surface area contributed by atoms with E-state index >= 15 is 0 Å². The van der Waals surface area contributed by atoms with Crippen molar-refractivity contribution < 1.29 is 0 Å². The fourth-order valence-electron chi connectivity index (χ4n) is 15.9. The van der Waals surface area contributed by atoms with E-state index in [4.69, 9.17) is 0 Å². The summed E-state index contributed by atoms with van der Waals surface area (Å²) in [4.78, 5) is 2.62. The Labute approximate surface area is 388 Å². The van der Waals surface area contributed by atoms with Crippen LogP contribution in [0.4, 0.5) is 17.1 Å². The number of hydrogen-bond acceptors (Lipinski definition) is 1. The van der Waals surface area contributed by atoms with Gasteiger partial charge in [0.15, 0.2) is 0 Å². The maximum atomic E-state index is 2.68. The summed E-state index contributed by atoms with van der Waals surface area (Å²) in [6.07, 6.45) is 13.4. The summed E-state index contributed by atoms with van der Waals surface area (Å²) in [6.45, 7) is 0. The van der Waals surface area contributed by atoms with Crippen LogP contribution >= 0.6 is 0 Å². The Morgan fingerprint density at radius 1 is 0.409 bits per heavy atom. The number of anilines is 3. The first-order valence-electron chi connectivity index (χ1n) is 25.1. The molecule has 1 aromatic heterocycles. The molecule has 320 valence electrons. The first-order chi connectivity index (χ1) is 32.7. The lowest BCUT2D eigenvalue weighted by atomic mass is 9.43. The Morgan fingerprint density at radius 3 is 1.71 bits per heavy atom. The van der Waals surface area contributed by atoms with Gasteiger partial charge in [0.2, 0.25) is 0 Å². The van der Waals surface area contributed by atoms with Gasteiger partial charge in [0.1, 0.15) is 0 Å². The second kappa shape index (κ2) is 13.9. The van der Waals surface area contributed by atoms with Crippen molar-refractivity contribution in [1.29, 1.82) is 0 Å². The van der Waals surface area contributed by atoms with Crippen LogP contribution < -0.4 is 4.90 Å². The highest BCUT2D eigenvalue weighted by atomic mass is 15.1. The van der Waals surface area contributed by atoms with E-state index in [2.05, 4.69) is 191 Å². The average Bonchev–Trinajstić information content (AvgIpc) is 3.96. The van der Waals surface area contributed by atoms with Gasteiger partial charge in [0, 0.05) is 44.4 Å². The minimum absolute atomic E-state index is 0.0807. The molecular formula is C64H54N2. The van der Waals surface area contributed by atoms with Crippen LogP contribution in [0.1, 0.15) is 86.5 Å². The van der Waals surface area contributed by atoms with E-state index in [0.29, 0.717) is 0 Å². The van der Waals surface area contributed by atoms with E-state index in [-0.39, 0.29) is 10.8 Å². The van der Waals surface area contributed by atoms with E-state index in [9.17, 15) is 0 Å². The molecule has 0 N–H and O–H groups in total. The molecule has 2 heteroatoms. The molecule has 7 aliphatic carbocycles. The largest absolute Gasteiger partial charge is 0.310 e. The molecule has 0 amide bonds. The zero-order valence-corrected chi connectivity index (χ0v) is 37.6. The van der Waals surface area contributed by atoms with Gasteiger partial charge in [-0.25, -0.2) is 0 Å². The Morgan fingerprint density at radius 2 is 0.970 bits per heavy atom. The topological polar surface area (TPSA) is 8.17 Å². The molecule has 1 heterocycles. The predicted molar refractivity (Wildman–Crippen MR) is 273 cm³/mol. The molecule has 5 fully saturated rings. The van der Waals surface area contributed by atoms with Crippen molar-refractivity contribution in [2.75, 3.05) is 4.90 Å². The third kappa shape index (κ3) is 5.03. The van der Waals surface area contributed by atoms with Crippen molar-refractivity contribution in [3.63, 3.8) is 0 Å². The summed E-state index contributed by atoms with van der Waals surface area (Å²) in [5.41, 5.74) is 22.3. The molecule has 0 atom stereocenters. The summed E-state index contributed by atoms with van der Waals surface area (Å²) in [7, 11) is 0. The monoisotopic (exact) mass is 850 g/mol. The lowest BCUT2D eigenvalue weighted by Gasteiger charge is -2.61. The van der Waals surface area contributed by atoms with Gasteiger partial charge < -0.3 is 9.47 Å². The van der Waals surface area contributed by atoms with E-state index in [0.717, 1.165) is 23.7 Å². The Bertz CT molecular complexity index is 3390. The van der Waals surface area contributed by atoms with Gasteiger partial charge >= 0.3 is 0 Å². The summed E-state index contributed by atoms with van der Waals surface area (Å²) >= 11 is 0. The molecular weight excluding hydrogens is 797 g/mol. The highest BCUT2D eigenvalue weighted by Gasteiger charge is 2.61. The highest BCUT2D eigenvalue weighted by molar-refractivity contribution is 6.15. The first kappa shape index (κ1) is 37.6. The van der Waals surface area contributed by atoms with Gasteiger partial charge in [-0.05, 0) is 185 Å². The van der Waals surface area contributed by atoms with Crippen molar-refractivity contribution in [2.45, 2.75) is 75.0 Å². The fourth-order valence-corrected chi connectivity index (χ4v) is 15.9. The number of benzene rings is 8. The van der Waals surface area contributed by atoms with Crippen molar-refractivity contribution >= 4 is 38.9 Å². The second-order valence-electron chi connectivity index (χ2n) is 21.1. The normalized spacial score (nSPS) is 23.6. The zero-order valence-electron chi connectivity index (χ0n) is 37.6. The standard InChI is InChI=1S/C64H54N2/c1-3-14-46(15-4-1)66-60-22-10-7-18-55(60)62-50(19-13-23-61(62)66)43-24-26-47(27-25-43)65(48-28-30-53-51-16-5-8-20-56(51)63(58(53)39-48)32-11-2-12-33-63)49-29-31-54-52-17-6-9-21-57(52)64(59(54)40-49)44-35-41-34-42(37-44)38-45(64)36-41/h1,3-10,13-31,39-42,44-45H,2,11-12,32-38H2. The Hall–Kier alpha value is -6.64. The summed E-state index contributed by atoms with van der Waals surface area (Å²) < 4.78 is 2.43. The molecule has 0 saturated heterocycles. The smallest absolute Gasteiger partial charge is 0.0547 e. The summed E-state index contributed by atoms with van der Waals surface area (Å²) in [5, 5.41) is 2.59. The molecule has 0 aliphatic heterocycles. The lowest BCUT2D eigenvalue weighted by Crippen LogP contribution is -2.55. The van der Waals surface area contributed by atoms with E-state index < -0.39 is 0 Å². The molecule has 16 rings (SSSR count). The third-order valence-electron chi connectivity index (χ3n) is 18.2. The van der Waals surface area contributed by atoms with Crippen molar-refractivity contribution in [3.05, 3.63) is 204 Å². The molecule has 4 bridgehead atoms. The maximum absolute atomic E-state index is 2.68. The van der Waals surface area contributed by atoms with Crippen LogP contribution in [-0.4, -0.2) is 4.57 Å². The molecule has 7 aliphatic rings. The van der Waals surface area contributed by atoms with E-state index in [1.54, 1.807) is 16.7 Å². The number of para-hydroxylation sites is 2. The Kier molecular flexibility index (Phi) is 7.94. The van der Waals surface area contributed by atoms with Crippen LogP contribution in [0.3, 0.4) is 0 Å². The maximum Gasteiger partial charge on any atom is 0.0547 e. The van der Waals surface area contributed by atoms with Crippen LogP contribution in [0.2, 0.25) is 0 Å². The SMILES string of the molecule is c1ccc(-n2c3ccccc3c3c(-c4ccc(N(c5ccc6c(c5)C5(CCCCC5)c5ccccc5-6)c5ccc6c(c5)C5(c7ccccc7-6)C6CC7CC(C6)CC5C7)cc4)cccc32)cc1. The van der Waals surface area contributed by atoms with Gasteiger partial charge in [0.05, 0.1) is 11.0 Å². The number of rotatable bonds is 5. The fraction of sp³-hybridized carbons (Fsp3) is 0.250. The molecule has 8 aromatic carbocycles. The molecule has 0 radical (unpaired) electrons. The number of fused-ring (bicyclic) bond motifs is 11. The van der Waals surface area contributed by atoms with Gasteiger partial charge in [0.25, 0.3) is 0 Å². The number of nitrogens with zero attached hydrogens (tertiary/aromatic N) is 2. The third-order valence-corrected chi connectivity index (χ3v) is 18.2. The Balaban J connectivity index is 0.918. The van der Waals surface area contributed by atoms with Gasteiger partial charge in [-0.2, -0.15) is 0 Å². The van der Waals surface area contributed by atoms with Crippen LogP contribution in [0.5, 0.6) is 0 Å². The molecule has 9 aromatic rings. The van der Waals surface area contributed by atoms with Crippen molar-refractivity contribution in [2.24, 2.45) is 23.7 Å². The summed E-state index contributed by atoms with van der Waals surface area (Å²) in [6, 6.07) is 70.3. The first-order valence-corrected chi connectivity index (χ1v) is 25.1. The predicted octanol–water partition coefficient (Wildman–Crippen LogP) is 16.9. The lowest BCUT2D eigenvalue weighted by molar-refractivity contribution is -0.0399. The van der Waals surface area contributed by atoms with Gasteiger partial charge in [-0.15, -0.1) is 0 Å². The van der Waals surface area contributed by atoms with E-state index in [1.165, 1.54) is 148 Å². The van der Waals surface area contributed by atoms with Crippen molar-refractivity contribution in [3.8, 4) is 39.1 Å². The minimum Gasteiger partial charge on any atom is -0.310 e. The number of aromatic nitrogens is 1. The van der Waals surface area contributed by atoms with Gasteiger partial charge in [-0.3, -0.25) is 0 Å². The summed E-state index contributed by atoms with van der Waals surface area (Å²) in [5.74, 6) is 3.27. The number of hydrogen-bond donors (Lipinski definition) is 0. The highest BCUT2D eigenvalue weighted by Crippen LogP contribution is 2.70. The molecule has 5 saturated carbocycles. The van der Waals surface area contributed by atoms with Crippen molar-refractivity contribution in [1.82, 2.24) is 4.57 Å². The second-order valence-corrected chi connectivity index (χ2v) is 21.1. The van der Waals surface area contributed by atoms with Gasteiger partial charge in [-0.1, -0.05) is 141 Å². The quantitative estimate of drug-likeness (QED) is 0.167. The van der Waals surface area contributed by atoms with E-state index in [1.807, 2.05) is 0 Å². The molecule has 2 spiro atoms. The molecule has 2 nitrogen and oxygen atoms in total. The van der Waals surface area contributed by atoms with Crippen LogP contribution in [0.25, 0.3) is 60.9 Å². The molecule has 0 unspecified atom stereocenters. The van der Waals surface area contributed by atoms with Crippen LogP contribution in [0.15, 0.2) is 182 Å². The minimum atomic E-state index is 0.0807. The average molecular weight is 851 g/mol. The van der Waals surface area contributed by atoms with Crippen LogP contribution in [0, 0.1) is 23.7 Å². The van der Waals surface area contributed by atoms with Crippen LogP contribution in [-0.2, 0) is 10.8 Å². The zero-order chi connectivity index (χ0) is 43.1. The molecule has 66 heavy (non-hydrogen) atoms.